The summed E-state index contributed by atoms with van der Waals surface area (Å²) in [5, 5.41) is 0. The molecular weight excluding hydrogens is 250 g/mol. The number of benzene rings is 1. The standard InChI is InChI=1S/C13H17NO5/c1-3-18-19-9-14-12-5-4-10(15-2)8-11(12)13-16-6-7-17-13/h4-5,8-9,13H,3,6-7H2,1-2H3/b14-9+. The van der Waals surface area contributed by atoms with Crippen LogP contribution in [0.15, 0.2) is 23.2 Å². The average molecular weight is 267 g/mol. The molecule has 104 valence electrons. The van der Waals surface area contributed by atoms with Gasteiger partial charge in [-0.3, -0.25) is 0 Å². The van der Waals surface area contributed by atoms with Gasteiger partial charge in [0.1, 0.15) is 5.75 Å². The van der Waals surface area contributed by atoms with Gasteiger partial charge in [-0.2, -0.15) is 4.89 Å². The minimum Gasteiger partial charge on any atom is -0.497 e. The third-order valence-corrected chi connectivity index (χ3v) is 2.53. The molecule has 1 aliphatic heterocycles. The summed E-state index contributed by atoms with van der Waals surface area (Å²) in [5.41, 5.74) is 1.49. The van der Waals surface area contributed by atoms with Gasteiger partial charge in [-0.15, -0.1) is 0 Å². The molecule has 0 bridgehead atoms. The van der Waals surface area contributed by atoms with Crippen molar-refractivity contribution in [1.29, 1.82) is 0 Å². The lowest BCUT2D eigenvalue weighted by molar-refractivity contribution is -0.211. The van der Waals surface area contributed by atoms with Crippen molar-refractivity contribution in [3.63, 3.8) is 0 Å². The Bertz CT molecular complexity index is 429. The number of hydrogen-bond acceptors (Lipinski definition) is 6. The third-order valence-electron chi connectivity index (χ3n) is 2.53. The van der Waals surface area contributed by atoms with E-state index < -0.39 is 6.29 Å². The zero-order chi connectivity index (χ0) is 13.5. The first-order chi connectivity index (χ1) is 9.35. The Labute approximate surface area is 111 Å². The number of methoxy groups -OCH3 is 1. The summed E-state index contributed by atoms with van der Waals surface area (Å²) in [5.74, 6) is 0.721. The van der Waals surface area contributed by atoms with Crippen molar-refractivity contribution in [2.45, 2.75) is 13.2 Å². The second-order valence-corrected chi connectivity index (χ2v) is 3.74. The summed E-state index contributed by atoms with van der Waals surface area (Å²) in [6, 6.07) is 5.46. The van der Waals surface area contributed by atoms with Crippen LogP contribution >= 0.6 is 0 Å². The van der Waals surface area contributed by atoms with E-state index in [0.717, 1.165) is 11.3 Å². The van der Waals surface area contributed by atoms with Gasteiger partial charge in [0.05, 0.1) is 32.6 Å². The molecule has 0 saturated carbocycles. The molecule has 1 aliphatic rings. The Balaban J connectivity index is 2.18. The lowest BCUT2D eigenvalue weighted by Crippen LogP contribution is -1.99. The maximum atomic E-state index is 5.48. The highest BCUT2D eigenvalue weighted by atomic mass is 17.2. The zero-order valence-electron chi connectivity index (χ0n) is 11.0. The van der Waals surface area contributed by atoms with Gasteiger partial charge in [0.15, 0.2) is 6.29 Å². The van der Waals surface area contributed by atoms with Gasteiger partial charge in [-0.05, 0) is 25.1 Å². The molecule has 1 aromatic carbocycles. The normalized spacial score (nSPS) is 16.1. The van der Waals surface area contributed by atoms with Gasteiger partial charge in [0, 0.05) is 5.56 Å². The maximum absolute atomic E-state index is 5.48. The van der Waals surface area contributed by atoms with Gasteiger partial charge in [0.25, 0.3) is 0 Å². The van der Waals surface area contributed by atoms with Crippen LogP contribution in [0.1, 0.15) is 18.8 Å². The number of nitrogens with zero attached hydrogens (tertiary/aromatic N) is 1. The molecule has 0 amide bonds. The molecule has 1 fully saturated rings. The van der Waals surface area contributed by atoms with Crippen LogP contribution in [0.25, 0.3) is 0 Å². The first-order valence-corrected chi connectivity index (χ1v) is 6.07. The minimum absolute atomic E-state index is 0.422. The van der Waals surface area contributed by atoms with E-state index in [2.05, 4.69) is 4.99 Å². The molecule has 6 nitrogen and oxygen atoms in total. The molecule has 19 heavy (non-hydrogen) atoms. The van der Waals surface area contributed by atoms with Crippen molar-refractivity contribution in [1.82, 2.24) is 0 Å². The average Bonchev–Trinajstić information content (AvgIpc) is 2.97. The SMILES string of the molecule is CCOO/C=N/c1ccc(OC)cc1C1OCCO1. The maximum Gasteiger partial charge on any atom is 0.219 e. The van der Waals surface area contributed by atoms with Crippen LogP contribution in [-0.2, 0) is 19.2 Å². The quantitative estimate of drug-likeness (QED) is 0.260. The van der Waals surface area contributed by atoms with Gasteiger partial charge in [-0.1, -0.05) is 0 Å². The second-order valence-electron chi connectivity index (χ2n) is 3.74. The Morgan fingerprint density at radius 2 is 2.16 bits per heavy atom. The van der Waals surface area contributed by atoms with E-state index in [9.17, 15) is 0 Å². The fraction of sp³-hybridized carbons (Fsp3) is 0.462. The Morgan fingerprint density at radius 1 is 1.37 bits per heavy atom. The predicted molar refractivity (Wildman–Crippen MR) is 68.5 cm³/mol. The molecule has 0 unspecified atom stereocenters. The van der Waals surface area contributed by atoms with Crippen LogP contribution in [0.4, 0.5) is 5.69 Å². The molecule has 0 spiro atoms. The largest absolute Gasteiger partial charge is 0.497 e. The molecule has 0 aliphatic carbocycles. The third kappa shape index (κ3) is 3.66. The van der Waals surface area contributed by atoms with Gasteiger partial charge in [0.2, 0.25) is 6.40 Å². The molecule has 0 radical (unpaired) electrons. The smallest absolute Gasteiger partial charge is 0.219 e. The predicted octanol–water partition coefficient (Wildman–Crippen LogP) is 2.37. The topological polar surface area (TPSA) is 58.5 Å². The van der Waals surface area contributed by atoms with Crippen LogP contribution in [0, 0.1) is 0 Å². The molecule has 1 heterocycles. The van der Waals surface area contributed by atoms with Crippen molar-refractivity contribution in [3.8, 4) is 5.75 Å². The summed E-state index contributed by atoms with van der Waals surface area (Å²) >= 11 is 0. The van der Waals surface area contributed by atoms with E-state index in [-0.39, 0.29) is 0 Å². The van der Waals surface area contributed by atoms with E-state index in [1.165, 1.54) is 6.40 Å². The van der Waals surface area contributed by atoms with Crippen molar-refractivity contribution >= 4 is 12.1 Å². The summed E-state index contributed by atoms with van der Waals surface area (Å²) in [6.07, 6.45) is 0.818. The van der Waals surface area contributed by atoms with E-state index in [1.807, 2.05) is 25.1 Å². The highest BCUT2D eigenvalue weighted by molar-refractivity contribution is 5.60. The highest BCUT2D eigenvalue weighted by Gasteiger charge is 2.22. The van der Waals surface area contributed by atoms with Crippen molar-refractivity contribution in [2.24, 2.45) is 4.99 Å². The van der Waals surface area contributed by atoms with Crippen LogP contribution in [0.5, 0.6) is 5.75 Å². The zero-order valence-corrected chi connectivity index (χ0v) is 11.0. The fourth-order valence-corrected chi connectivity index (χ4v) is 1.68. The molecular formula is C13H17NO5. The van der Waals surface area contributed by atoms with Crippen LogP contribution in [0.3, 0.4) is 0 Å². The van der Waals surface area contributed by atoms with E-state index >= 15 is 0 Å². The van der Waals surface area contributed by atoms with Crippen molar-refractivity contribution in [2.75, 3.05) is 26.9 Å². The van der Waals surface area contributed by atoms with Crippen molar-refractivity contribution in [3.05, 3.63) is 23.8 Å². The monoisotopic (exact) mass is 267 g/mol. The molecule has 1 saturated heterocycles. The molecule has 0 atom stereocenters. The van der Waals surface area contributed by atoms with E-state index in [4.69, 9.17) is 24.0 Å². The number of ether oxygens (including phenoxy) is 3. The number of aliphatic imine (C=N–C) groups is 1. The summed E-state index contributed by atoms with van der Waals surface area (Å²) < 4.78 is 16.2. The molecule has 6 heteroatoms. The lowest BCUT2D eigenvalue weighted by Gasteiger charge is -2.13. The van der Waals surface area contributed by atoms with Crippen LogP contribution in [0.2, 0.25) is 0 Å². The van der Waals surface area contributed by atoms with Crippen molar-refractivity contribution < 1.29 is 24.0 Å². The number of hydrogen-bond donors (Lipinski definition) is 0. The van der Waals surface area contributed by atoms with E-state index in [0.29, 0.717) is 25.5 Å². The van der Waals surface area contributed by atoms with Crippen LogP contribution < -0.4 is 4.74 Å². The lowest BCUT2D eigenvalue weighted by atomic mass is 10.1. The highest BCUT2D eigenvalue weighted by Crippen LogP contribution is 2.34. The first-order valence-electron chi connectivity index (χ1n) is 6.07. The van der Waals surface area contributed by atoms with Crippen LogP contribution in [-0.4, -0.2) is 33.3 Å². The minimum atomic E-state index is -0.422. The molecule has 0 aromatic heterocycles. The summed E-state index contributed by atoms with van der Waals surface area (Å²) in [6.45, 7) is 3.42. The molecule has 2 rings (SSSR count). The molecule has 1 aromatic rings. The second kappa shape index (κ2) is 7.08. The number of rotatable bonds is 6. The summed E-state index contributed by atoms with van der Waals surface area (Å²) in [4.78, 5) is 13.7. The Hall–Kier alpha value is -1.63. The molecule has 0 N–H and O–H groups in total. The van der Waals surface area contributed by atoms with Gasteiger partial charge < -0.3 is 19.1 Å². The Kier molecular flexibility index (Phi) is 5.14. The Morgan fingerprint density at radius 3 is 2.84 bits per heavy atom. The first kappa shape index (κ1) is 13.8. The van der Waals surface area contributed by atoms with E-state index in [1.54, 1.807) is 7.11 Å². The van der Waals surface area contributed by atoms with Gasteiger partial charge >= 0.3 is 0 Å². The summed E-state index contributed by atoms with van der Waals surface area (Å²) in [7, 11) is 1.61. The fourth-order valence-electron chi connectivity index (χ4n) is 1.68. The van der Waals surface area contributed by atoms with Gasteiger partial charge in [-0.25, -0.2) is 4.99 Å².